The normalized spacial score (nSPS) is 11.5. The number of hydrogen-bond acceptors (Lipinski definition) is 9. The van der Waals surface area contributed by atoms with Crippen molar-refractivity contribution in [3.05, 3.63) is 54.7 Å². The van der Waals surface area contributed by atoms with E-state index in [2.05, 4.69) is 30.6 Å². The van der Waals surface area contributed by atoms with E-state index in [1.807, 2.05) is 37.3 Å². The Bertz CT molecular complexity index is 1400. The van der Waals surface area contributed by atoms with Gasteiger partial charge in [0.25, 0.3) is 0 Å². The fourth-order valence-corrected chi connectivity index (χ4v) is 4.64. The van der Waals surface area contributed by atoms with E-state index >= 15 is 0 Å². The minimum atomic E-state index is -0.983. The Hall–Kier alpha value is -3.96. The summed E-state index contributed by atoms with van der Waals surface area (Å²) in [4.78, 5) is 44.1. The summed E-state index contributed by atoms with van der Waals surface area (Å²) >= 11 is 1.39. The highest BCUT2D eigenvalue weighted by Crippen LogP contribution is 2.38. The van der Waals surface area contributed by atoms with Crippen molar-refractivity contribution in [3.8, 4) is 22.4 Å². The molecule has 3 aromatic heterocycles. The van der Waals surface area contributed by atoms with Gasteiger partial charge in [0.2, 0.25) is 0 Å². The maximum Gasteiger partial charge on any atom is 0.321 e. The number of anilines is 1. The molecule has 0 spiro atoms. The summed E-state index contributed by atoms with van der Waals surface area (Å²) in [6.07, 6.45) is 5.14. The van der Waals surface area contributed by atoms with Gasteiger partial charge in [-0.15, -0.1) is 0 Å². The van der Waals surface area contributed by atoms with Crippen LogP contribution in [0.4, 0.5) is 9.93 Å². The van der Waals surface area contributed by atoms with Gasteiger partial charge >= 0.3 is 12.0 Å². The monoisotopic (exact) mass is 519 g/mol. The van der Waals surface area contributed by atoms with Gasteiger partial charge in [0.1, 0.15) is 0 Å². The molecule has 0 atom stereocenters. The Labute approximate surface area is 219 Å². The van der Waals surface area contributed by atoms with Crippen molar-refractivity contribution in [3.63, 3.8) is 0 Å². The van der Waals surface area contributed by atoms with Crippen LogP contribution in [0.15, 0.2) is 48.9 Å². The van der Waals surface area contributed by atoms with Crippen LogP contribution in [0.1, 0.15) is 26.6 Å². The van der Waals surface area contributed by atoms with Gasteiger partial charge in [0.05, 0.1) is 22.5 Å². The Kier molecular flexibility index (Phi) is 7.74. The summed E-state index contributed by atoms with van der Waals surface area (Å²) in [5.41, 5.74) is 3.02. The van der Waals surface area contributed by atoms with Crippen LogP contribution in [0, 0.1) is 0 Å². The highest BCUT2D eigenvalue weighted by molar-refractivity contribution is 7.22. The molecule has 11 heteroatoms. The molecule has 4 rings (SSSR count). The van der Waals surface area contributed by atoms with E-state index < -0.39 is 5.60 Å². The van der Waals surface area contributed by atoms with Crippen molar-refractivity contribution >= 4 is 38.7 Å². The molecule has 3 heterocycles. The minimum Gasteiger partial charge on any atom is -0.450 e. The molecule has 0 unspecified atom stereocenters. The molecule has 10 nitrogen and oxygen atoms in total. The van der Waals surface area contributed by atoms with Crippen molar-refractivity contribution in [2.24, 2.45) is 0 Å². The third-order valence-corrected chi connectivity index (χ3v) is 6.35. The number of benzene rings is 1. The topological polar surface area (TPSA) is 122 Å². The first kappa shape index (κ1) is 26.1. The van der Waals surface area contributed by atoms with Crippen LogP contribution < -0.4 is 10.6 Å². The summed E-state index contributed by atoms with van der Waals surface area (Å²) < 4.78 is 6.51. The maximum absolute atomic E-state index is 12.2. The molecule has 0 bridgehead atoms. The fourth-order valence-electron chi connectivity index (χ4n) is 3.68. The average molecular weight is 520 g/mol. The van der Waals surface area contributed by atoms with Gasteiger partial charge in [-0.05, 0) is 64.7 Å². The second-order valence-electron chi connectivity index (χ2n) is 9.11. The van der Waals surface area contributed by atoms with Crippen LogP contribution in [0.2, 0.25) is 0 Å². The molecule has 2 N–H and O–H groups in total. The lowest BCUT2D eigenvalue weighted by Gasteiger charge is -2.24. The zero-order valence-corrected chi connectivity index (χ0v) is 22.2. The second kappa shape index (κ2) is 11.0. The molecule has 0 radical (unpaired) electrons. The summed E-state index contributed by atoms with van der Waals surface area (Å²) in [5.74, 6) is 0.0464. The zero-order chi connectivity index (χ0) is 26.6. The number of nitrogens with zero attached hydrogens (tertiary/aromatic N) is 5. The Morgan fingerprint density at radius 3 is 2.49 bits per heavy atom. The van der Waals surface area contributed by atoms with E-state index in [1.165, 1.54) is 11.3 Å². The van der Waals surface area contributed by atoms with Crippen molar-refractivity contribution in [1.29, 1.82) is 0 Å². The third-order valence-electron chi connectivity index (χ3n) is 5.33. The molecule has 192 valence electrons. The molecule has 37 heavy (non-hydrogen) atoms. The first-order chi connectivity index (χ1) is 17.7. The molecule has 0 saturated heterocycles. The molecule has 0 fully saturated rings. The van der Waals surface area contributed by atoms with Crippen molar-refractivity contribution < 1.29 is 14.3 Å². The lowest BCUT2D eigenvalue weighted by molar-refractivity contribution is -0.158. The first-order valence-corrected chi connectivity index (χ1v) is 12.6. The lowest BCUT2D eigenvalue weighted by atomic mass is 10.0. The number of urea groups is 1. The average Bonchev–Trinajstić information content (AvgIpc) is 3.25. The Morgan fingerprint density at radius 2 is 1.84 bits per heavy atom. The summed E-state index contributed by atoms with van der Waals surface area (Å²) in [5, 5.41) is 5.99. The molecular weight excluding hydrogens is 490 g/mol. The van der Waals surface area contributed by atoms with Gasteiger partial charge in [0.15, 0.2) is 16.6 Å². The molecule has 4 aromatic rings. The van der Waals surface area contributed by atoms with Crippen molar-refractivity contribution in [2.75, 3.05) is 32.5 Å². The van der Waals surface area contributed by atoms with Gasteiger partial charge < -0.3 is 10.1 Å². The number of esters is 1. The number of ether oxygens (including phenoxy) is 1. The number of aromatic nitrogens is 4. The molecule has 0 aliphatic rings. The number of carbonyl (C=O) groups excluding carboxylic acids is 2. The van der Waals surface area contributed by atoms with E-state index in [4.69, 9.17) is 4.74 Å². The lowest BCUT2D eigenvalue weighted by Crippen LogP contribution is -2.32. The van der Waals surface area contributed by atoms with Gasteiger partial charge in [-0.1, -0.05) is 17.4 Å². The minimum absolute atomic E-state index is 0.169. The number of nitrogens with one attached hydrogen (secondary N) is 2. The number of likely N-dealkylation sites (N-methyl/N-ethyl adjacent to an activating group) is 1. The van der Waals surface area contributed by atoms with Crippen LogP contribution in [0.3, 0.4) is 0 Å². The second-order valence-corrected chi connectivity index (χ2v) is 10.1. The van der Waals surface area contributed by atoms with E-state index in [-0.39, 0.29) is 18.5 Å². The van der Waals surface area contributed by atoms with Crippen LogP contribution in [-0.2, 0) is 15.1 Å². The van der Waals surface area contributed by atoms with Gasteiger partial charge in [0, 0.05) is 36.3 Å². The van der Waals surface area contributed by atoms with Crippen LogP contribution >= 0.6 is 11.3 Å². The predicted octanol–water partition coefficient (Wildman–Crippen LogP) is 4.30. The highest BCUT2D eigenvalue weighted by atomic mass is 32.1. The largest absolute Gasteiger partial charge is 0.450 e. The molecule has 0 saturated carbocycles. The van der Waals surface area contributed by atoms with Crippen LogP contribution in [-0.4, -0.2) is 64.0 Å². The molecule has 2 amide bonds. The first-order valence-electron chi connectivity index (χ1n) is 11.8. The number of thiazole rings is 1. The third kappa shape index (κ3) is 6.25. The zero-order valence-electron chi connectivity index (χ0n) is 21.4. The van der Waals surface area contributed by atoms with Crippen LogP contribution in [0.25, 0.3) is 32.6 Å². The maximum atomic E-state index is 12.2. The summed E-state index contributed by atoms with van der Waals surface area (Å²) in [6.45, 7) is 6.06. The molecule has 1 aromatic carbocycles. The number of carbonyl (C=O) groups is 2. The number of hydrogen-bond donors (Lipinski definition) is 2. The van der Waals surface area contributed by atoms with Gasteiger partial charge in [-0.25, -0.2) is 19.7 Å². The molecular formula is C26H29N7O3S. The fraction of sp³-hybridized carbons (Fsp3) is 0.308. The molecule has 0 aliphatic heterocycles. The van der Waals surface area contributed by atoms with E-state index in [1.54, 1.807) is 51.4 Å². The smallest absolute Gasteiger partial charge is 0.321 e. The molecule has 0 aliphatic carbocycles. The predicted molar refractivity (Wildman–Crippen MR) is 144 cm³/mol. The van der Waals surface area contributed by atoms with Crippen LogP contribution in [0.5, 0.6) is 0 Å². The number of amides is 2. The highest BCUT2D eigenvalue weighted by Gasteiger charge is 2.29. The van der Waals surface area contributed by atoms with Gasteiger partial charge in [-0.2, -0.15) is 0 Å². The standard InChI is InChI=1S/C26H29N7O3S/c1-6-27-24(35)32-25-31-20-12-16(11-18(22(20)37-25)19-9-7-8-10-28-19)17-13-29-23(30-14-17)26(2,3)36-21(34)15-33(4)5/h7-14H,6,15H2,1-5H3,(H2,27,31,32,35). The number of rotatable bonds is 8. The van der Waals surface area contributed by atoms with E-state index in [9.17, 15) is 9.59 Å². The van der Waals surface area contributed by atoms with E-state index in [0.717, 1.165) is 32.6 Å². The van der Waals surface area contributed by atoms with Crippen molar-refractivity contribution in [2.45, 2.75) is 26.4 Å². The summed E-state index contributed by atoms with van der Waals surface area (Å²) in [7, 11) is 3.60. The number of fused-ring (bicyclic) bond motifs is 1. The quantitative estimate of drug-likeness (QED) is 0.331. The van der Waals surface area contributed by atoms with Crippen molar-refractivity contribution in [1.82, 2.24) is 30.2 Å². The Balaban J connectivity index is 1.70. The summed E-state index contributed by atoms with van der Waals surface area (Å²) in [6, 6.07) is 9.35. The van der Waals surface area contributed by atoms with Gasteiger partial charge in [-0.3, -0.25) is 20.0 Å². The van der Waals surface area contributed by atoms with E-state index in [0.29, 0.717) is 17.5 Å². The SMILES string of the molecule is CCNC(=O)Nc1nc2cc(-c3cnc(C(C)(C)OC(=O)CN(C)C)nc3)cc(-c3ccccn3)c2s1. The number of pyridine rings is 1. The Morgan fingerprint density at radius 1 is 1.08 bits per heavy atom.